The molecular weight excluding hydrogens is 214 g/mol. The van der Waals surface area contributed by atoms with Crippen LogP contribution in [0.15, 0.2) is 12.1 Å². The van der Waals surface area contributed by atoms with Crippen LogP contribution < -0.4 is 4.74 Å². The number of Topliss-reactive ketones (excluding diaryl/α,β-unsaturated/α-hetero) is 1. The Morgan fingerprint density at radius 3 is 2.73 bits per heavy atom. The standard InChI is InChI=1S/C11H10ClNO2/c1-7-8(6-13)3-9(15-2)4-10(7)11(14)5-12/h3-4H,5H2,1-2H3. The average molecular weight is 224 g/mol. The molecule has 1 aromatic rings. The summed E-state index contributed by atoms with van der Waals surface area (Å²) in [6, 6.07) is 5.21. The van der Waals surface area contributed by atoms with E-state index in [9.17, 15) is 4.79 Å². The molecule has 78 valence electrons. The van der Waals surface area contributed by atoms with Crippen molar-refractivity contribution in [2.45, 2.75) is 6.92 Å². The molecule has 1 rings (SSSR count). The van der Waals surface area contributed by atoms with Gasteiger partial charge in [-0.15, -0.1) is 11.6 Å². The van der Waals surface area contributed by atoms with Crippen molar-refractivity contribution in [3.8, 4) is 11.8 Å². The minimum atomic E-state index is -0.204. The second-order valence-electron chi connectivity index (χ2n) is 3.02. The predicted octanol–water partition coefficient (Wildman–Crippen LogP) is 2.30. The first-order chi connectivity index (χ1) is 7.13. The minimum Gasteiger partial charge on any atom is -0.497 e. The van der Waals surface area contributed by atoms with Gasteiger partial charge in [0.05, 0.1) is 24.6 Å². The van der Waals surface area contributed by atoms with Crippen molar-refractivity contribution in [1.82, 2.24) is 0 Å². The van der Waals surface area contributed by atoms with E-state index in [0.717, 1.165) is 0 Å². The smallest absolute Gasteiger partial charge is 0.178 e. The predicted molar refractivity (Wildman–Crippen MR) is 57.5 cm³/mol. The van der Waals surface area contributed by atoms with Crippen LogP contribution in [0.25, 0.3) is 0 Å². The molecule has 0 unspecified atom stereocenters. The number of hydrogen-bond donors (Lipinski definition) is 0. The molecule has 0 aromatic heterocycles. The number of nitrogens with zero attached hydrogens (tertiary/aromatic N) is 1. The van der Waals surface area contributed by atoms with Gasteiger partial charge in [-0.05, 0) is 24.6 Å². The monoisotopic (exact) mass is 223 g/mol. The number of methoxy groups -OCH3 is 1. The van der Waals surface area contributed by atoms with Gasteiger partial charge in [0.15, 0.2) is 5.78 Å². The quantitative estimate of drug-likeness (QED) is 0.584. The average Bonchev–Trinajstić information content (AvgIpc) is 2.28. The maximum absolute atomic E-state index is 11.5. The van der Waals surface area contributed by atoms with E-state index in [1.165, 1.54) is 7.11 Å². The normalized spacial score (nSPS) is 9.47. The lowest BCUT2D eigenvalue weighted by atomic mass is 10.00. The lowest BCUT2D eigenvalue weighted by Gasteiger charge is -2.08. The Morgan fingerprint density at radius 2 is 2.27 bits per heavy atom. The summed E-state index contributed by atoms with van der Waals surface area (Å²) in [6.45, 7) is 1.72. The molecule has 3 nitrogen and oxygen atoms in total. The molecule has 0 radical (unpaired) electrons. The van der Waals surface area contributed by atoms with Crippen molar-refractivity contribution in [2.75, 3.05) is 13.0 Å². The van der Waals surface area contributed by atoms with Crippen LogP contribution in [0, 0.1) is 18.3 Å². The van der Waals surface area contributed by atoms with Crippen LogP contribution >= 0.6 is 11.6 Å². The fourth-order valence-corrected chi connectivity index (χ4v) is 1.43. The fourth-order valence-electron chi connectivity index (χ4n) is 1.28. The minimum absolute atomic E-state index is 0.0983. The van der Waals surface area contributed by atoms with Gasteiger partial charge in [-0.25, -0.2) is 0 Å². The maximum atomic E-state index is 11.5. The highest BCUT2D eigenvalue weighted by Gasteiger charge is 2.13. The molecule has 0 aliphatic carbocycles. The van der Waals surface area contributed by atoms with Crippen molar-refractivity contribution in [3.63, 3.8) is 0 Å². The number of nitriles is 1. The first kappa shape index (κ1) is 11.5. The van der Waals surface area contributed by atoms with Crippen molar-refractivity contribution >= 4 is 17.4 Å². The van der Waals surface area contributed by atoms with Gasteiger partial charge < -0.3 is 4.74 Å². The van der Waals surface area contributed by atoms with Gasteiger partial charge in [0.1, 0.15) is 5.75 Å². The van der Waals surface area contributed by atoms with Gasteiger partial charge in [-0.3, -0.25) is 4.79 Å². The molecule has 0 N–H and O–H groups in total. The Hall–Kier alpha value is -1.53. The van der Waals surface area contributed by atoms with Crippen LogP contribution in [-0.2, 0) is 0 Å². The highest BCUT2D eigenvalue weighted by Crippen LogP contribution is 2.22. The van der Waals surface area contributed by atoms with Gasteiger partial charge in [0.2, 0.25) is 0 Å². The van der Waals surface area contributed by atoms with Crippen LogP contribution in [0.5, 0.6) is 5.75 Å². The zero-order valence-corrected chi connectivity index (χ0v) is 9.26. The summed E-state index contributed by atoms with van der Waals surface area (Å²) in [4.78, 5) is 11.5. The molecule has 0 amide bonds. The van der Waals surface area contributed by atoms with E-state index in [1.807, 2.05) is 6.07 Å². The molecule has 0 fully saturated rings. The Labute approximate surface area is 93.2 Å². The number of rotatable bonds is 3. The molecule has 0 saturated heterocycles. The number of ketones is 1. The number of alkyl halides is 1. The molecule has 0 bridgehead atoms. The molecule has 1 aromatic carbocycles. The van der Waals surface area contributed by atoms with Gasteiger partial charge in [0.25, 0.3) is 0 Å². The van der Waals surface area contributed by atoms with E-state index in [-0.39, 0.29) is 11.7 Å². The first-order valence-corrected chi connectivity index (χ1v) is 4.85. The summed E-state index contributed by atoms with van der Waals surface area (Å²) in [5.74, 6) is 0.189. The highest BCUT2D eigenvalue weighted by molar-refractivity contribution is 6.30. The number of carbonyl (C=O) groups excluding carboxylic acids is 1. The second-order valence-corrected chi connectivity index (χ2v) is 3.28. The van der Waals surface area contributed by atoms with Crippen LogP contribution in [0.3, 0.4) is 0 Å². The Morgan fingerprint density at radius 1 is 1.60 bits per heavy atom. The molecule has 0 heterocycles. The SMILES string of the molecule is COc1cc(C#N)c(C)c(C(=O)CCl)c1. The van der Waals surface area contributed by atoms with Crippen molar-refractivity contribution < 1.29 is 9.53 Å². The molecule has 0 aliphatic rings. The van der Waals surface area contributed by atoms with Crippen molar-refractivity contribution in [2.24, 2.45) is 0 Å². The summed E-state index contributed by atoms with van der Waals surface area (Å²) >= 11 is 5.48. The maximum Gasteiger partial charge on any atom is 0.178 e. The zero-order valence-electron chi connectivity index (χ0n) is 8.50. The third-order valence-corrected chi connectivity index (χ3v) is 2.40. The van der Waals surface area contributed by atoms with E-state index in [4.69, 9.17) is 21.6 Å². The summed E-state index contributed by atoms with van der Waals surface area (Å²) in [7, 11) is 1.49. The van der Waals surface area contributed by atoms with Gasteiger partial charge >= 0.3 is 0 Å². The Bertz CT molecular complexity index is 435. The molecule has 0 atom stereocenters. The summed E-state index contributed by atoms with van der Waals surface area (Å²) in [5.41, 5.74) is 1.52. The molecule has 4 heteroatoms. The third-order valence-electron chi connectivity index (χ3n) is 2.16. The van der Waals surface area contributed by atoms with E-state index >= 15 is 0 Å². The number of hydrogen-bond acceptors (Lipinski definition) is 3. The number of ether oxygens (including phenoxy) is 1. The topological polar surface area (TPSA) is 50.1 Å². The van der Waals surface area contributed by atoms with E-state index in [1.54, 1.807) is 19.1 Å². The van der Waals surface area contributed by atoms with Gasteiger partial charge in [-0.2, -0.15) is 5.26 Å². The Kier molecular flexibility index (Phi) is 3.70. The molecule has 0 aliphatic heterocycles. The largest absolute Gasteiger partial charge is 0.497 e. The highest BCUT2D eigenvalue weighted by atomic mass is 35.5. The van der Waals surface area contributed by atoms with E-state index < -0.39 is 0 Å². The third kappa shape index (κ3) is 2.28. The van der Waals surface area contributed by atoms with Crippen LogP contribution in [0.1, 0.15) is 21.5 Å². The van der Waals surface area contributed by atoms with E-state index in [2.05, 4.69) is 0 Å². The molecule has 0 spiro atoms. The van der Waals surface area contributed by atoms with Gasteiger partial charge in [0, 0.05) is 5.56 Å². The zero-order chi connectivity index (χ0) is 11.4. The van der Waals surface area contributed by atoms with E-state index in [0.29, 0.717) is 22.4 Å². The van der Waals surface area contributed by atoms with Crippen molar-refractivity contribution in [3.05, 3.63) is 28.8 Å². The Balaban J connectivity index is 3.38. The summed E-state index contributed by atoms with van der Waals surface area (Å²) in [5, 5.41) is 8.87. The molecule has 0 saturated carbocycles. The van der Waals surface area contributed by atoms with Gasteiger partial charge in [-0.1, -0.05) is 0 Å². The lowest BCUT2D eigenvalue weighted by molar-refractivity contribution is 0.102. The molecule has 15 heavy (non-hydrogen) atoms. The second kappa shape index (κ2) is 4.81. The van der Waals surface area contributed by atoms with Crippen LogP contribution in [-0.4, -0.2) is 18.8 Å². The number of benzene rings is 1. The first-order valence-electron chi connectivity index (χ1n) is 4.32. The summed E-state index contributed by atoms with van der Waals surface area (Å²) in [6.07, 6.45) is 0. The van der Waals surface area contributed by atoms with Crippen LogP contribution in [0.4, 0.5) is 0 Å². The number of carbonyl (C=O) groups is 1. The van der Waals surface area contributed by atoms with Crippen LogP contribution in [0.2, 0.25) is 0 Å². The summed E-state index contributed by atoms with van der Waals surface area (Å²) < 4.78 is 5.00. The van der Waals surface area contributed by atoms with Crippen molar-refractivity contribution in [1.29, 1.82) is 5.26 Å². The number of halogens is 1. The fraction of sp³-hybridized carbons (Fsp3) is 0.273. The lowest BCUT2D eigenvalue weighted by Crippen LogP contribution is -2.05. The molecular formula is C11H10ClNO2.